The van der Waals surface area contributed by atoms with Gasteiger partial charge in [0.25, 0.3) is 0 Å². The molecule has 1 N–H and O–H groups in total. The van der Waals surface area contributed by atoms with E-state index in [4.69, 9.17) is 4.74 Å². The Morgan fingerprint density at radius 2 is 2.04 bits per heavy atom. The molecule has 1 aliphatic rings. The highest BCUT2D eigenvalue weighted by Crippen LogP contribution is 2.33. The molecule has 0 amide bonds. The maximum Gasteiger partial charge on any atom is 0.307 e. The van der Waals surface area contributed by atoms with Gasteiger partial charge >= 0.3 is 4.87 Å². The molecule has 4 rings (SSSR count). The fourth-order valence-corrected chi connectivity index (χ4v) is 5.85. The molecule has 6 nitrogen and oxygen atoms in total. The van der Waals surface area contributed by atoms with Gasteiger partial charge in [-0.3, -0.25) is 4.79 Å². The molecule has 3 aromatic rings. The van der Waals surface area contributed by atoms with Crippen LogP contribution in [0.4, 0.5) is 0 Å². The van der Waals surface area contributed by atoms with E-state index in [1.165, 1.54) is 4.57 Å². The Hall–Kier alpha value is -2.16. The van der Waals surface area contributed by atoms with E-state index in [0.29, 0.717) is 4.70 Å². The van der Waals surface area contributed by atoms with E-state index in [2.05, 4.69) is 4.72 Å². The number of nitrogens with one attached hydrogen (secondary N) is 1. The Kier molecular flexibility index (Phi) is 4.57. The number of benzene rings is 2. The van der Waals surface area contributed by atoms with Crippen molar-refractivity contribution in [3.05, 3.63) is 57.2 Å². The number of nitrogens with zero attached hydrogens (tertiary/aromatic N) is 1. The van der Waals surface area contributed by atoms with E-state index >= 15 is 0 Å². The summed E-state index contributed by atoms with van der Waals surface area (Å²) in [5, 5.41) is 0. The fraction of sp³-hybridized carbons (Fsp3) is 0.316. The number of thiazole rings is 1. The molecule has 1 aromatic heterocycles. The van der Waals surface area contributed by atoms with E-state index in [0.717, 1.165) is 53.0 Å². The molecule has 0 aliphatic heterocycles. The van der Waals surface area contributed by atoms with Gasteiger partial charge in [-0.05, 0) is 60.7 Å². The lowest BCUT2D eigenvalue weighted by Crippen LogP contribution is -2.31. The number of hydrogen-bond donors (Lipinski definition) is 1. The average Bonchev–Trinajstić information content (AvgIpc) is 2.95. The highest BCUT2D eigenvalue weighted by Gasteiger charge is 2.26. The zero-order chi connectivity index (χ0) is 19.2. The summed E-state index contributed by atoms with van der Waals surface area (Å²) in [4.78, 5) is 11.9. The number of fused-ring (bicyclic) bond motifs is 2. The van der Waals surface area contributed by atoms with Crippen molar-refractivity contribution in [1.29, 1.82) is 0 Å². The third-order valence-electron chi connectivity index (χ3n) is 5.04. The normalized spacial score (nSPS) is 17.0. The minimum absolute atomic E-state index is 0.109. The highest BCUT2D eigenvalue weighted by molar-refractivity contribution is 7.89. The largest absolute Gasteiger partial charge is 0.497 e. The monoisotopic (exact) mass is 404 g/mol. The summed E-state index contributed by atoms with van der Waals surface area (Å²) in [6.07, 6.45) is 2.57. The van der Waals surface area contributed by atoms with E-state index in [1.807, 2.05) is 18.2 Å². The van der Waals surface area contributed by atoms with Gasteiger partial charge in [0, 0.05) is 13.1 Å². The molecule has 1 unspecified atom stereocenters. The third kappa shape index (κ3) is 3.28. The Morgan fingerprint density at radius 3 is 2.81 bits per heavy atom. The van der Waals surface area contributed by atoms with Gasteiger partial charge in [-0.15, -0.1) is 0 Å². The molecule has 0 spiro atoms. The van der Waals surface area contributed by atoms with E-state index in [1.54, 1.807) is 32.4 Å². The summed E-state index contributed by atoms with van der Waals surface area (Å²) < 4.78 is 36.2. The van der Waals surface area contributed by atoms with E-state index in [9.17, 15) is 13.2 Å². The Morgan fingerprint density at radius 1 is 1.22 bits per heavy atom. The van der Waals surface area contributed by atoms with E-state index < -0.39 is 10.0 Å². The van der Waals surface area contributed by atoms with Gasteiger partial charge in [0.15, 0.2) is 0 Å². The predicted molar refractivity (Wildman–Crippen MR) is 106 cm³/mol. The van der Waals surface area contributed by atoms with Crippen molar-refractivity contribution >= 4 is 31.6 Å². The first kappa shape index (κ1) is 18.2. The average molecular weight is 405 g/mol. The van der Waals surface area contributed by atoms with Crippen molar-refractivity contribution in [3.63, 3.8) is 0 Å². The van der Waals surface area contributed by atoms with Crippen LogP contribution >= 0.6 is 11.3 Å². The lowest BCUT2D eigenvalue weighted by atomic mass is 9.88. The molecule has 0 saturated heterocycles. The second-order valence-corrected chi connectivity index (χ2v) is 9.39. The van der Waals surface area contributed by atoms with Gasteiger partial charge in [-0.1, -0.05) is 17.4 Å². The number of methoxy groups -OCH3 is 1. The van der Waals surface area contributed by atoms with Gasteiger partial charge in [-0.2, -0.15) is 0 Å². The first-order valence-corrected chi connectivity index (χ1v) is 11.0. The van der Waals surface area contributed by atoms with Gasteiger partial charge in [-0.25, -0.2) is 13.1 Å². The Bertz CT molecular complexity index is 1180. The number of aryl methyl sites for hydroxylation is 2. The van der Waals surface area contributed by atoms with Crippen molar-refractivity contribution in [2.24, 2.45) is 7.05 Å². The third-order valence-corrected chi connectivity index (χ3v) is 7.50. The minimum Gasteiger partial charge on any atom is -0.497 e. The van der Waals surface area contributed by atoms with Crippen LogP contribution in [0, 0.1) is 0 Å². The maximum atomic E-state index is 13.0. The predicted octanol–water partition coefficient (Wildman–Crippen LogP) is 2.96. The first-order chi connectivity index (χ1) is 12.9. The molecule has 0 radical (unpaired) electrons. The molecular formula is C19H20N2O4S2. The Labute approximate surface area is 161 Å². The van der Waals surface area contributed by atoms with Gasteiger partial charge < -0.3 is 9.30 Å². The molecular weight excluding hydrogens is 384 g/mol. The van der Waals surface area contributed by atoms with Gasteiger partial charge in [0.05, 0.1) is 22.2 Å². The van der Waals surface area contributed by atoms with Crippen LogP contribution in [-0.2, 0) is 23.5 Å². The summed E-state index contributed by atoms with van der Waals surface area (Å²) >= 11 is 1.05. The van der Waals surface area contributed by atoms with Gasteiger partial charge in [0.1, 0.15) is 5.75 Å². The quantitative estimate of drug-likeness (QED) is 0.725. The second kappa shape index (κ2) is 6.78. The SMILES string of the molecule is COc1ccc2c(c1)CCCC2NS(=O)(=O)c1ccc2c(c1)sc(=O)n2C. The molecule has 27 heavy (non-hydrogen) atoms. The smallest absolute Gasteiger partial charge is 0.307 e. The van der Waals surface area contributed by atoms with Crippen molar-refractivity contribution < 1.29 is 13.2 Å². The molecule has 0 fully saturated rings. The van der Waals surface area contributed by atoms with Crippen LogP contribution in [-0.4, -0.2) is 20.1 Å². The van der Waals surface area contributed by atoms with Crippen LogP contribution in [0.2, 0.25) is 0 Å². The number of rotatable bonds is 4. The zero-order valence-corrected chi connectivity index (χ0v) is 16.7. The second-order valence-electron chi connectivity index (χ2n) is 6.69. The highest BCUT2D eigenvalue weighted by atomic mass is 32.2. The van der Waals surface area contributed by atoms with Crippen LogP contribution in [0.25, 0.3) is 10.2 Å². The van der Waals surface area contributed by atoms with Crippen molar-refractivity contribution in [2.45, 2.75) is 30.2 Å². The summed E-state index contributed by atoms with van der Waals surface area (Å²) in [5.41, 5.74) is 2.85. The maximum absolute atomic E-state index is 13.0. The van der Waals surface area contributed by atoms with E-state index in [-0.39, 0.29) is 15.8 Å². The molecule has 0 bridgehead atoms. The Balaban J connectivity index is 1.67. The number of ether oxygens (including phenoxy) is 1. The molecule has 2 aromatic carbocycles. The minimum atomic E-state index is -3.70. The van der Waals surface area contributed by atoms with Crippen LogP contribution < -0.4 is 14.3 Å². The molecule has 8 heteroatoms. The number of aromatic nitrogens is 1. The van der Waals surface area contributed by atoms with Crippen LogP contribution in [0.15, 0.2) is 46.1 Å². The standard InChI is InChI=1S/C19H20N2O4S2/c1-21-17-9-7-14(11-18(17)26-19(21)22)27(23,24)20-16-5-3-4-12-10-13(25-2)6-8-15(12)16/h6-11,16,20H,3-5H2,1-2H3. The van der Waals surface area contributed by atoms with Crippen LogP contribution in [0.1, 0.15) is 30.0 Å². The summed E-state index contributed by atoms with van der Waals surface area (Å²) in [7, 11) is -0.394. The van der Waals surface area contributed by atoms with Crippen LogP contribution in [0.3, 0.4) is 0 Å². The van der Waals surface area contributed by atoms with Gasteiger partial charge in [0.2, 0.25) is 10.0 Å². The molecule has 1 atom stereocenters. The molecule has 0 saturated carbocycles. The number of sulfonamides is 1. The zero-order valence-electron chi connectivity index (χ0n) is 15.1. The topological polar surface area (TPSA) is 77.4 Å². The fourth-order valence-electron chi connectivity index (χ4n) is 3.58. The number of hydrogen-bond acceptors (Lipinski definition) is 5. The lowest BCUT2D eigenvalue weighted by Gasteiger charge is -2.26. The summed E-state index contributed by atoms with van der Waals surface area (Å²) in [6.45, 7) is 0. The van der Waals surface area contributed by atoms with Crippen molar-refractivity contribution in [3.8, 4) is 5.75 Å². The molecule has 1 aliphatic carbocycles. The molecule has 1 heterocycles. The van der Waals surface area contributed by atoms with Crippen molar-refractivity contribution in [2.75, 3.05) is 7.11 Å². The summed E-state index contributed by atoms with van der Waals surface area (Å²) in [5.74, 6) is 0.779. The van der Waals surface area contributed by atoms with Crippen LogP contribution in [0.5, 0.6) is 5.75 Å². The summed E-state index contributed by atoms with van der Waals surface area (Å²) in [6, 6.07) is 10.3. The lowest BCUT2D eigenvalue weighted by molar-refractivity contribution is 0.412. The van der Waals surface area contributed by atoms with Crippen molar-refractivity contribution in [1.82, 2.24) is 9.29 Å². The first-order valence-electron chi connectivity index (χ1n) is 8.68. The molecule has 142 valence electrons.